The maximum absolute atomic E-state index is 12.8. The first-order valence-electron chi connectivity index (χ1n) is 18.7. The van der Waals surface area contributed by atoms with Crippen molar-refractivity contribution in [2.45, 2.75) is 78.3 Å². The topological polar surface area (TPSA) is 46.2 Å². The minimum Gasteiger partial charge on any atom is -0.352 e. The summed E-state index contributed by atoms with van der Waals surface area (Å²) in [6.45, 7) is 8.88. The average Bonchev–Trinajstić information content (AvgIpc) is 3.10. The van der Waals surface area contributed by atoms with Gasteiger partial charge in [-0.15, -0.1) is 0 Å². The number of ketones is 1. The van der Waals surface area contributed by atoms with Crippen molar-refractivity contribution >= 4 is 11.7 Å². The molecule has 266 valence electrons. The van der Waals surface area contributed by atoms with Crippen LogP contribution in [0, 0.1) is 6.92 Å². The summed E-state index contributed by atoms with van der Waals surface area (Å²) in [6, 6.07) is 34.0. The lowest BCUT2D eigenvalue weighted by molar-refractivity contribution is -0.903. The zero-order valence-electron chi connectivity index (χ0n) is 31.6. The molecule has 0 atom stereocenters. The van der Waals surface area contributed by atoms with Crippen LogP contribution in [0.3, 0.4) is 0 Å². The molecule has 4 rings (SSSR count). The molecule has 50 heavy (non-hydrogen) atoms. The van der Waals surface area contributed by atoms with Crippen LogP contribution in [-0.2, 0) is 32.4 Å². The summed E-state index contributed by atoms with van der Waals surface area (Å²) >= 11 is 0. The van der Waals surface area contributed by atoms with Crippen LogP contribution in [0.5, 0.6) is 0 Å². The van der Waals surface area contributed by atoms with Crippen molar-refractivity contribution in [1.82, 2.24) is 5.32 Å². The maximum atomic E-state index is 12.8. The first-order chi connectivity index (χ1) is 23.9. The SMILES string of the molecule is CCc1ccc(C[N+](C)(C)CCCCC(=O)c2ccc(C(=O)NCCC[N+](C)(C)Cc3ccc(CCCc4ccc(C)cc4)cc3)cc2)cc1. The maximum Gasteiger partial charge on any atom is 0.251 e. The molecule has 0 aliphatic rings. The van der Waals surface area contributed by atoms with Gasteiger partial charge in [0.05, 0.1) is 41.3 Å². The van der Waals surface area contributed by atoms with Crippen LogP contribution in [0.2, 0.25) is 0 Å². The molecule has 0 radical (unpaired) electrons. The predicted octanol–water partition coefficient (Wildman–Crippen LogP) is 8.76. The lowest BCUT2D eigenvalue weighted by Gasteiger charge is -2.30. The summed E-state index contributed by atoms with van der Waals surface area (Å²) in [7, 11) is 9.02. The number of nitrogens with one attached hydrogen (secondary N) is 1. The van der Waals surface area contributed by atoms with Gasteiger partial charge in [-0.3, -0.25) is 9.59 Å². The molecule has 0 bridgehead atoms. The number of nitrogens with zero attached hydrogens (tertiary/aromatic N) is 2. The zero-order chi connectivity index (χ0) is 36.0. The van der Waals surface area contributed by atoms with Crippen molar-refractivity contribution in [3.8, 4) is 0 Å². The van der Waals surface area contributed by atoms with Crippen LogP contribution < -0.4 is 5.32 Å². The largest absolute Gasteiger partial charge is 0.352 e. The molecule has 0 saturated carbocycles. The highest BCUT2D eigenvalue weighted by atomic mass is 16.1. The number of quaternary nitrogens is 2. The van der Waals surface area contributed by atoms with E-state index in [2.05, 4.69) is 120 Å². The van der Waals surface area contributed by atoms with E-state index >= 15 is 0 Å². The second-order valence-corrected chi connectivity index (χ2v) is 15.5. The van der Waals surface area contributed by atoms with Gasteiger partial charge in [-0.1, -0.05) is 97.4 Å². The smallest absolute Gasteiger partial charge is 0.251 e. The Bertz CT molecular complexity index is 1620. The Morgan fingerprint density at radius 3 is 1.54 bits per heavy atom. The molecule has 4 aromatic carbocycles. The summed E-state index contributed by atoms with van der Waals surface area (Å²) in [5.74, 6) is 0.0572. The molecule has 0 spiro atoms. The minimum atomic E-state index is -0.0865. The molecule has 0 saturated heterocycles. The number of amides is 1. The molecule has 5 nitrogen and oxygen atoms in total. The Morgan fingerprint density at radius 2 is 1.00 bits per heavy atom. The second-order valence-electron chi connectivity index (χ2n) is 15.5. The first-order valence-corrected chi connectivity index (χ1v) is 18.7. The van der Waals surface area contributed by atoms with Gasteiger partial charge >= 0.3 is 0 Å². The monoisotopic (exact) mass is 675 g/mol. The number of aryl methyl sites for hydroxylation is 4. The molecule has 0 aliphatic heterocycles. The Hall–Kier alpha value is -4.06. The number of unbranched alkanes of at least 4 members (excludes halogenated alkanes) is 1. The molecule has 0 fully saturated rings. The van der Waals surface area contributed by atoms with Crippen LogP contribution in [0.4, 0.5) is 0 Å². The van der Waals surface area contributed by atoms with Gasteiger partial charge in [0, 0.05) is 41.6 Å². The normalized spacial score (nSPS) is 11.8. The van der Waals surface area contributed by atoms with Gasteiger partial charge in [-0.25, -0.2) is 0 Å². The van der Waals surface area contributed by atoms with E-state index in [9.17, 15) is 9.59 Å². The van der Waals surface area contributed by atoms with E-state index in [1.807, 2.05) is 0 Å². The number of Topliss-reactive ketones (excluding diaryl/α,β-unsaturated/α-hetero) is 1. The van der Waals surface area contributed by atoms with E-state index in [0.29, 0.717) is 24.1 Å². The zero-order valence-corrected chi connectivity index (χ0v) is 31.6. The summed E-state index contributed by atoms with van der Waals surface area (Å²) in [5.41, 5.74) is 9.46. The van der Waals surface area contributed by atoms with Gasteiger partial charge in [0.25, 0.3) is 5.91 Å². The number of carbonyl (C=O) groups is 2. The highest BCUT2D eigenvalue weighted by Gasteiger charge is 2.18. The van der Waals surface area contributed by atoms with Crippen molar-refractivity contribution in [2.75, 3.05) is 47.8 Å². The highest BCUT2D eigenvalue weighted by molar-refractivity contribution is 5.98. The third-order valence-corrected chi connectivity index (χ3v) is 9.84. The van der Waals surface area contributed by atoms with Gasteiger partial charge < -0.3 is 14.3 Å². The lowest BCUT2D eigenvalue weighted by Crippen LogP contribution is -2.41. The Balaban J connectivity index is 1.10. The number of benzene rings is 4. The van der Waals surface area contributed by atoms with E-state index in [-0.39, 0.29) is 11.7 Å². The third kappa shape index (κ3) is 13.3. The third-order valence-electron chi connectivity index (χ3n) is 9.84. The minimum absolute atomic E-state index is 0.0865. The number of hydrogen-bond acceptors (Lipinski definition) is 2. The first kappa shape index (κ1) is 38.7. The van der Waals surface area contributed by atoms with Gasteiger partial charge in [0.2, 0.25) is 0 Å². The van der Waals surface area contributed by atoms with Gasteiger partial charge in [0.15, 0.2) is 5.78 Å². The van der Waals surface area contributed by atoms with Crippen molar-refractivity contribution in [1.29, 1.82) is 0 Å². The Labute approximate surface area is 302 Å². The van der Waals surface area contributed by atoms with Crippen LogP contribution in [0.25, 0.3) is 0 Å². The molecule has 0 aromatic heterocycles. The van der Waals surface area contributed by atoms with Crippen molar-refractivity contribution in [3.05, 3.63) is 142 Å². The molecule has 4 aromatic rings. The van der Waals surface area contributed by atoms with Gasteiger partial charge in [-0.2, -0.15) is 0 Å². The van der Waals surface area contributed by atoms with Crippen LogP contribution >= 0.6 is 0 Å². The molecular weight excluding hydrogens is 615 g/mol. The molecule has 5 heteroatoms. The van der Waals surface area contributed by atoms with E-state index < -0.39 is 0 Å². The van der Waals surface area contributed by atoms with Crippen LogP contribution in [0.1, 0.15) is 93.1 Å². The lowest BCUT2D eigenvalue weighted by atomic mass is 10.0. The fourth-order valence-electron chi connectivity index (χ4n) is 6.68. The fraction of sp³-hybridized carbons (Fsp3) is 0.422. The summed E-state index contributed by atoms with van der Waals surface area (Å²) in [6.07, 6.45) is 7.73. The summed E-state index contributed by atoms with van der Waals surface area (Å²) < 4.78 is 1.77. The van der Waals surface area contributed by atoms with Crippen LogP contribution in [0.15, 0.2) is 97.1 Å². The molecule has 1 N–H and O–H groups in total. The van der Waals surface area contributed by atoms with Crippen molar-refractivity contribution in [3.63, 3.8) is 0 Å². The predicted molar refractivity (Wildman–Crippen MR) is 208 cm³/mol. The van der Waals surface area contributed by atoms with Gasteiger partial charge in [0.1, 0.15) is 13.1 Å². The van der Waals surface area contributed by atoms with E-state index in [1.54, 1.807) is 24.3 Å². The molecule has 1 amide bonds. The van der Waals surface area contributed by atoms with E-state index in [0.717, 1.165) is 80.1 Å². The van der Waals surface area contributed by atoms with Crippen molar-refractivity contribution in [2.24, 2.45) is 0 Å². The van der Waals surface area contributed by atoms with Crippen LogP contribution in [-0.4, -0.2) is 68.5 Å². The molecule has 0 heterocycles. The summed E-state index contributed by atoms with van der Waals surface area (Å²) in [5, 5.41) is 3.07. The quantitative estimate of drug-likeness (QED) is 0.0579. The molecular formula is C45H61N3O2+2. The fourth-order valence-corrected chi connectivity index (χ4v) is 6.68. The van der Waals surface area contributed by atoms with Crippen molar-refractivity contribution < 1.29 is 18.6 Å². The Kier molecular flexibility index (Phi) is 14.6. The second kappa shape index (κ2) is 18.8. The number of hydrogen-bond donors (Lipinski definition) is 1. The molecule has 0 aliphatic carbocycles. The van der Waals surface area contributed by atoms with E-state index in [4.69, 9.17) is 0 Å². The van der Waals surface area contributed by atoms with Gasteiger partial charge in [-0.05, 0) is 74.3 Å². The summed E-state index contributed by atoms with van der Waals surface area (Å²) in [4.78, 5) is 25.7. The average molecular weight is 676 g/mol. The number of rotatable bonds is 20. The van der Waals surface area contributed by atoms with E-state index in [1.165, 1.54) is 33.4 Å². The molecule has 0 unspecified atom stereocenters. The highest BCUT2D eigenvalue weighted by Crippen LogP contribution is 2.16. The Morgan fingerprint density at radius 1 is 0.540 bits per heavy atom. The number of carbonyl (C=O) groups excluding carboxylic acids is 2. The standard InChI is InChI=1S/C45H60N3O2/c1-7-37-19-23-40(24-20-37)34-47(3,4)32-9-8-14-44(49)42-27-29-43(30-28-42)45(50)46-31-11-33-48(5,6)35-41-25-21-39(22-26-41)13-10-12-38-17-15-36(2)16-18-38/h15-30H,7-14,31-35H2,1-6H3/q+1/p+1.